The van der Waals surface area contributed by atoms with Gasteiger partial charge in [-0.1, -0.05) is 23.4 Å². The Balaban J connectivity index is 2.04. The van der Waals surface area contributed by atoms with Crippen LogP contribution >= 0.6 is 0 Å². The lowest BCUT2D eigenvalue weighted by Gasteiger charge is -2.05. The molecule has 1 aromatic heterocycles. The highest BCUT2D eigenvalue weighted by molar-refractivity contribution is 7.91. The van der Waals surface area contributed by atoms with E-state index < -0.39 is 33.5 Å². The van der Waals surface area contributed by atoms with Crippen molar-refractivity contribution in [1.29, 1.82) is 0 Å². The van der Waals surface area contributed by atoms with Crippen molar-refractivity contribution in [2.24, 2.45) is 0 Å². The van der Waals surface area contributed by atoms with Gasteiger partial charge in [-0.05, 0) is 24.3 Å². The first-order valence-corrected chi connectivity index (χ1v) is 8.10. The molecule has 0 aliphatic heterocycles. The van der Waals surface area contributed by atoms with Gasteiger partial charge in [-0.15, -0.1) is 0 Å². The molecule has 0 fully saturated rings. The lowest BCUT2D eigenvalue weighted by Crippen LogP contribution is -2.05. The lowest BCUT2D eigenvalue weighted by atomic mass is 10.2. The fraction of sp³-hybridized carbons (Fsp3) is 0.0667. The van der Waals surface area contributed by atoms with Gasteiger partial charge in [-0.3, -0.25) is 0 Å². The van der Waals surface area contributed by atoms with E-state index >= 15 is 0 Å². The average molecular weight is 371 g/mol. The molecule has 129 valence electrons. The normalized spacial score (nSPS) is 12.3. The number of alkyl halides is 3. The summed E-state index contributed by atoms with van der Waals surface area (Å²) in [6.07, 6.45) is -4.82. The van der Waals surface area contributed by atoms with Gasteiger partial charge in [0.25, 0.3) is 0 Å². The summed E-state index contributed by atoms with van der Waals surface area (Å²) in [7, 11) is -4.12. The summed E-state index contributed by atoms with van der Waals surface area (Å²) in [4.78, 5) is 2.51. The lowest BCUT2D eigenvalue weighted by molar-refractivity contribution is -0.159. The average Bonchev–Trinajstić information content (AvgIpc) is 3.05. The van der Waals surface area contributed by atoms with Gasteiger partial charge in [-0.2, -0.15) is 18.2 Å². The Bertz CT molecular complexity index is 1030. The van der Waals surface area contributed by atoms with Gasteiger partial charge in [0.15, 0.2) is 0 Å². The quantitative estimate of drug-likeness (QED) is 0.659. The van der Waals surface area contributed by atoms with Crippen LogP contribution in [-0.4, -0.2) is 18.6 Å². The van der Waals surface area contributed by atoms with Crippen molar-refractivity contribution in [3.8, 4) is 11.4 Å². The molecule has 0 aliphatic carbocycles. The third-order valence-corrected chi connectivity index (χ3v) is 4.79. The van der Waals surface area contributed by atoms with Crippen molar-refractivity contribution in [2.45, 2.75) is 16.0 Å². The Kier molecular flexibility index (Phi) is 4.07. The molecule has 5 nitrogen and oxygen atoms in total. The molecule has 1 radical (unpaired) electrons. The number of hydrogen-bond donors (Lipinski definition) is 0. The standard InChI is InChI=1S/C15H7F4N2O3S/c16-10-4-2-6-12(8-10)25(22,23)11-5-1-3-9(7-11)13-20-14(24-21-13)15(17,18)19/h1-4,6-8H. The van der Waals surface area contributed by atoms with E-state index in [2.05, 4.69) is 20.7 Å². The second-order valence-corrected chi connectivity index (χ2v) is 6.74. The summed E-state index contributed by atoms with van der Waals surface area (Å²) in [5, 5.41) is 3.19. The third kappa shape index (κ3) is 3.38. The Labute approximate surface area is 138 Å². The summed E-state index contributed by atoms with van der Waals surface area (Å²) >= 11 is 0. The highest BCUT2D eigenvalue weighted by atomic mass is 32.2. The SMILES string of the molecule is O=S(=O)(c1[c]ccc(-c2noc(C(F)(F)F)n2)c1)c1cccc(F)c1. The summed E-state index contributed by atoms with van der Waals surface area (Å²) < 4.78 is 79.9. The zero-order valence-electron chi connectivity index (χ0n) is 12.1. The predicted octanol–water partition coefficient (Wildman–Crippen LogP) is 3.53. The van der Waals surface area contributed by atoms with Gasteiger partial charge in [-0.25, -0.2) is 12.8 Å². The van der Waals surface area contributed by atoms with Gasteiger partial charge in [0.2, 0.25) is 15.7 Å². The zero-order valence-corrected chi connectivity index (χ0v) is 12.9. The van der Waals surface area contributed by atoms with E-state index in [9.17, 15) is 26.0 Å². The third-order valence-electron chi connectivity index (χ3n) is 3.10. The van der Waals surface area contributed by atoms with Crippen LogP contribution in [0.4, 0.5) is 17.6 Å². The minimum absolute atomic E-state index is 0.0204. The number of aromatic nitrogens is 2. The second kappa shape index (κ2) is 5.96. The van der Waals surface area contributed by atoms with Crippen LogP contribution in [0.15, 0.2) is 56.8 Å². The second-order valence-electron chi connectivity index (χ2n) is 4.82. The van der Waals surface area contributed by atoms with E-state index in [4.69, 9.17) is 0 Å². The zero-order chi connectivity index (χ0) is 18.2. The molecule has 0 saturated carbocycles. The molecule has 2 aromatic carbocycles. The fourth-order valence-electron chi connectivity index (χ4n) is 1.96. The maximum atomic E-state index is 13.3. The van der Waals surface area contributed by atoms with Crippen molar-refractivity contribution in [3.63, 3.8) is 0 Å². The first-order chi connectivity index (χ1) is 11.7. The predicted molar refractivity (Wildman–Crippen MR) is 75.4 cm³/mol. The Hall–Kier alpha value is -2.75. The summed E-state index contributed by atoms with van der Waals surface area (Å²) in [6.45, 7) is 0. The molecule has 0 atom stereocenters. The van der Waals surface area contributed by atoms with E-state index in [1.165, 1.54) is 24.3 Å². The van der Waals surface area contributed by atoms with Crippen LogP contribution in [0.5, 0.6) is 0 Å². The minimum Gasteiger partial charge on any atom is -0.329 e. The highest BCUT2D eigenvalue weighted by Crippen LogP contribution is 2.30. The van der Waals surface area contributed by atoms with E-state index in [0.29, 0.717) is 0 Å². The van der Waals surface area contributed by atoms with Crippen LogP contribution in [0.2, 0.25) is 0 Å². The largest absolute Gasteiger partial charge is 0.471 e. The molecule has 0 aliphatic rings. The highest BCUT2D eigenvalue weighted by Gasteiger charge is 2.38. The molecule has 25 heavy (non-hydrogen) atoms. The minimum atomic E-state index is -4.82. The summed E-state index contributed by atoms with van der Waals surface area (Å²) in [6, 6.07) is 10.3. The molecule has 10 heteroatoms. The van der Waals surface area contributed by atoms with Crippen LogP contribution in [0.1, 0.15) is 5.89 Å². The Morgan fingerprint density at radius 1 is 1.12 bits per heavy atom. The van der Waals surface area contributed by atoms with E-state index in [-0.39, 0.29) is 15.4 Å². The van der Waals surface area contributed by atoms with Crippen molar-refractivity contribution >= 4 is 9.84 Å². The van der Waals surface area contributed by atoms with Crippen LogP contribution < -0.4 is 0 Å². The van der Waals surface area contributed by atoms with E-state index in [1.54, 1.807) is 0 Å². The fourth-order valence-corrected chi connectivity index (χ4v) is 3.24. The van der Waals surface area contributed by atoms with Gasteiger partial charge < -0.3 is 4.52 Å². The number of halogens is 4. The smallest absolute Gasteiger partial charge is 0.329 e. The molecular formula is C15H7F4N2O3S. The molecule has 0 spiro atoms. The monoisotopic (exact) mass is 371 g/mol. The van der Waals surface area contributed by atoms with E-state index in [0.717, 1.165) is 18.2 Å². The summed E-state index contributed by atoms with van der Waals surface area (Å²) in [5.41, 5.74) is -0.0204. The van der Waals surface area contributed by atoms with Crippen LogP contribution in [0.25, 0.3) is 11.4 Å². The maximum absolute atomic E-state index is 13.3. The van der Waals surface area contributed by atoms with E-state index in [1.807, 2.05) is 0 Å². The molecular weight excluding hydrogens is 364 g/mol. The number of rotatable bonds is 3. The summed E-state index contributed by atoms with van der Waals surface area (Å²) in [5.74, 6) is -2.73. The van der Waals surface area contributed by atoms with Crippen LogP contribution in [-0.2, 0) is 16.0 Å². The molecule has 0 unspecified atom stereocenters. The number of benzene rings is 2. The molecule has 0 amide bonds. The van der Waals surface area contributed by atoms with Crippen molar-refractivity contribution < 1.29 is 30.5 Å². The Morgan fingerprint density at radius 3 is 2.52 bits per heavy atom. The Morgan fingerprint density at radius 2 is 1.88 bits per heavy atom. The van der Waals surface area contributed by atoms with Crippen molar-refractivity contribution in [2.75, 3.05) is 0 Å². The first-order valence-electron chi connectivity index (χ1n) is 6.61. The molecule has 3 rings (SSSR count). The van der Waals surface area contributed by atoms with Crippen molar-refractivity contribution in [1.82, 2.24) is 10.1 Å². The van der Waals surface area contributed by atoms with Gasteiger partial charge in [0.05, 0.1) is 9.79 Å². The molecule has 0 saturated heterocycles. The van der Waals surface area contributed by atoms with Gasteiger partial charge >= 0.3 is 12.1 Å². The molecule has 1 heterocycles. The number of nitrogens with zero attached hydrogens (tertiary/aromatic N) is 2. The molecule has 0 bridgehead atoms. The number of hydrogen-bond acceptors (Lipinski definition) is 5. The van der Waals surface area contributed by atoms with Gasteiger partial charge in [0.1, 0.15) is 5.82 Å². The number of sulfone groups is 1. The first kappa shape index (κ1) is 17.1. The van der Waals surface area contributed by atoms with Crippen LogP contribution in [0, 0.1) is 11.9 Å². The molecule has 3 aromatic rings. The van der Waals surface area contributed by atoms with Crippen LogP contribution in [0.3, 0.4) is 0 Å². The maximum Gasteiger partial charge on any atom is 0.471 e. The van der Waals surface area contributed by atoms with Gasteiger partial charge in [0, 0.05) is 11.6 Å². The molecule has 0 N–H and O–H groups in total. The topological polar surface area (TPSA) is 73.1 Å². The van der Waals surface area contributed by atoms with Crippen molar-refractivity contribution in [3.05, 3.63) is 60.2 Å².